The average molecular weight is 250 g/mol. The molecule has 1 saturated heterocycles. The Bertz CT molecular complexity index is 585. The summed E-state index contributed by atoms with van der Waals surface area (Å²) in [5.41, 5.74) is 5.77. The number of anilines is 1. The zero-order valence-electron chi connectivity index (χ0n) is 9.65. The van der Waals surface area contributed by atoms with Crippen molar-refractivity contribution in [2.24, 2.45) is 0 Å². The molecule has 2 aromatic heterocycles. The molecule has 7 nitrogen and oxygen atoms in total. The molecular formula is C11H14N4O3. The van der Waals surface area contributed by atoms with Gasteiger partial charge >= 0.3 is 0 Å². The highest BCUT2D eigenvalue weighted by Gasteiger charge is 2.45. The zero-order chi connectivity index (χ0) is 12.8. The van der Waals surface area contributed by atoms with Crippen LogP contribution < -0.4 is 5.73 Å². The molecule has 4 N–H and O–H groups in total. The van der Waals surface area contributed by atoms with E-state index < -0.39 is 11.8 Å². The van der Waals surface area contributed by atoms with Crippen LogP contribution in [0.5, 0.6) is 0 Å². The molecular weight excluding hydrogens is 236 g/mol. The normalized spacial score (nSPS) is 28.0. The van der Waals surface area contributed by atoms with Crippen molar-refractivity contribution in [3.05, 3.63) is 18.6 Å². The number of aliphatic hydroxyl groups excluding tert-OH is 2. The number of nitrogens with two attached hydrogens (primary N) is 1. The summed E-state index contributed by atoms with van der Waals surface area (Å²) in [5, 5.41) is 19.7. The molecule has 1 aliphatic rings. The SMILES string of the molecule is Nc1nccc2c1ncn2[C@@]1(CO)OCC[C@@H]1O. The number of hydrogen-bond donors (Lipinski definition) is 3. The number of ether oxygens (including phenoxy) is 1. The molecule has 2 atom stereocenters. The average Bonchev–Trinajstić information content (AvgIpc) is 2.94. The summed E-state index contributed by atoms with van der Waals surface area (Å²) < 4.78 is 7.18. The molecule has 0 aliphatic carbocycles. The number of nitrogen functional groups attached to an aromatic ring is 1. The maximum atomic E-state index is 10.1. The van der Waals surface area contributed by atoms with Gasteiger partial charge in [0.1, 0.15) is 11.6 Å². The third-order valence-corrected chi connectivity index (χ3v) is 3.39. The number of imidazole rings is 1. The van der Waals surface area contributed by atoms with Gasteiger partial charge < -0.3 is 20.7 Å². The number of fused-ring (bicyclic) bond motifs is 1. The number of aliphatic hydroxyl groups is 2. The van der Waals surface area contributed by atoms with Crippen molar-refractivity contribution in [1.82, 2.24) is 14.5 Å². The van der Waals surface area contributed by atoms with Gasteiger partial charge in [0.05, 0.1) is 25.1 Å². The standard InChI is InChI=1S/C11H14N4O3/c12-10-9-7(1-3-13-10)15(6-14-9)11(5-16)8(17)2-4-18-11/h1,3,6,8,16-17H,2,4-5H2,(H2,12,13)/t8-,11-/m0/s1. The highest BCUT2D eigenvalue weighted by atomic mass is 16.5. The van der Waals surface area contributed by atoms with Crippen LogP contribution >= 0.6 is 0 Å². The van der Waals surface area contributed by atoms with Crippen molar-refractivity contribution in [2.45, 2.75) is 18.2 Å². The summed E-state index contributed by atoms with van der Waals surface area (Å²) in [7, 11) is 0. The third kappa shape index (κ3) is 1.35. The van der Waals surface area contributed by atoms with E-state index in [2.05, 4.69) is 9.97 Å². The molecule has 2 aromatic rings. The van der Waals surface area contributed by atoms with Crippen LogP contribution in [-0.2, 0) is 10.5 Å². The molecule has 0 radical (unpaired) electrons. The number of aromatic nitrogens is 3. The number of nitrogens with zero attached hydrogens (tertiary/aromatic N) is 3. The largest absolute Gasteiger partial charge is 0.391 e. The zero-order valence-corrected chi connectivity index (χ0v) is 9.65. The van der Waals surface area contributed by atoms with E-state index in [1.165, 1.54) is 6.33 Å². The predicted molar refractivity (Wildman–Crippen MR) is 63.6 cm³/mol. The Morgan fingerprint density at radius 2 is 2.39 bits per heavy atom. The van der Waals surface area contributed by atoms with Crippen LogP contribution in [0.2, 0.25) is 0 Å². The fourth-order valence-electron chi connectivity index (χ4n) is 2.39. The Labute approximate surface area is 103 Å². The number of pyridine rings is 1. The molecule has 0 amide bonds. The predicted octanol–water partition coefficient (Wildman–Crippen LogP) is -0.560. The van der Waals surface area contributed by atoms with E-state index in [0.717, 1.165) is 0 Å². The Hall–Kier alpha value is -1.70. The van der Waals surface area contributed by atoms with E-state index in [1.807, 2.05) is 0 Å². The topological polar surface area (TPSA) is 106 Å². The second-order valence-corrected chi connectivity index (χ2v) is 4.33. The van der Waals surface area contributed by atoms with Crippen molar-refractivity contribution < 1.29 is 14.9 Å². The van der Waals surface area contributed by atoms with Gasteiger partial charge in [-0.05, 0) is 6.07 Å². The molecule has 7 heteroatoms. The van der Waals surface area contributed by atoms with Gasteiger partial charge in [-0.15, -0.1) is 0 Å². The van der Waals surface area contributed by atoms with Gasteiger partial charge in [0.25, 0.3) is 0 Å². The molecule has 0 spiro atoms. The highest BCUT2D eigenvalue weighted by Crippen LogP contribution is 2.34. The maximum absolute atomic E-state index is 10.1. The van der Waals surface area contributed by atoms with Crippen molar-refractivity contribution in [3.8, 4) is 0 Å². The van der Waals surface area contributed by atoms with Gasteiger partial charge in [0.15, 0.2) is 11.5 Å². The van der Waals surface area contributed by atoms with Gasteiger partial charge in [0.2, 0.25) is 0 Å². The molecule has 0 saturated carbocycles. The van der Waals surface area contributed by atoms with Crippen molar-refractivity contribution in [1.29, 1.82) is 0 Å². The van der Waals surface area contributed by atoms with Gasteiger partial charge in [-0.25, -0.2) is 9.97 Å². The Kier molecular flexibility index (Phi) is 2.47. The smallest absolute Gasteiger partial charge is 0.195 e. The first-order valence-corrected chi connectivity index (χ1v) is 5.70. The maximum Gasteiger partial charge on any atom is 0.195 e. The van der Waals surface area contributed by atoms with Gasteiger partial charge in [-0.2, -0.15) is 0 Å². The van der Waals surface area contributed by atoms with Crippen LogP contribution in [0.15, 0.2) is 18.6 Å². The van der Waals surface area contributed by atoms with Crippen LogP contribution in [-0.4, -0.2) is 44.1 Å². The minimum Gasteiger partial charge on any atom is -0.391 e. The molecule has 0 bridgehead atoms. The first-order chi connectivity index (χ1) is 8.69. The lowest BCUT2D eigenvalue weighted by molar-refractivity contribution is -0.146. The number of hydrogen-bond acceptors (Lipinski definition) is 6. The molecule has 0 aromatic carbocycles. The second kappa shape index (κ2) is 3.91. The molecule has 18 heavy (non-hydrogen) atoms. The molecule has 1 fully saturated rings. The van der Waals surface area contributed by atoms with E-state index in [4.69, 9.17) is 10.5 Å². The fraction of sp³-hybridized carbons (Fsp3) is 0.455. The Balaban J connectivity index is 2.22. The molecule has 0 unspecified atom stereocenters. The van der Waals surface area contributed by atoms with E-state index in [9.17, 15) is 10.2 Å². The first kappa shape index (κ1) is 11.4. The van der Waals surface area contributed by atoms with E-state index >= 15 is 0 Å². The molecule has 3 heterocycles. The summed E-state index contributed by atoms with van der Waals surface area (Å²) >= 11 is 0. The van der Waals surface area contributed by atoms with Crippen LogP contribution in [0.1, 0.15) is 6.42 Å². The van der Waals surface area contributed by atoms with E-state index in [1.54, 1.807) is 16.8 Å². The lowest BCUT2D eigenvalue weighted by Crippen LogP contribution is -2.45. The molecule has 96 valence electrons. The van der Waals surface area contributed by atoms with Crippen LogP contribution in [0.3, 0.4) is 0 Å². The Morgan fingerprint density at radius 3 is 3.06 bits per heavy atom. The minimum atomic E-state index is -1.18. The summed E-state index contributed by atoms with van der Waals surface area (Å²) in [6.07, 6.45) is 2.76. The Morgan fingerprint density at radius 1 is 1.56 bits per heavy atom. The van der Waals surface area contributed by atoms with Crippen LogP contribution in [0.4, 0.5) is 5.82 Å². The minimum absolute atomic E-state index is 0.312. The monoisotopic (exact) mass is 250 g/mol. The third-order valence-electron chi connectivity index (χ3n) is 3.39. The molecule has 1 aliphatic heterocycles. The van der Waals surface area contributed by atoms with Crippen LogP contribution in [0, 0.1) is 0 Å². The summed E-state index contributed by atoms with van der Waals surface area (Å²) in [4.78, 5) is 8.11. The summed E-state index contributed by atoms with van der Waals surface area (Å²) in [5.74, 6) is 0.312. The van der Waals surface area contributed by atoms with Crippen molar-refractivity contribution in [3.63, 3.8) is 0 Å². The lowest BCUT2D eigenvalue weighted by atomic mass is 10.1. The van der Waals surface area contributed by atoms with E-state index in [-0.39, 0.29) is 6.61 Å². The molecule has 3 rings (SSSR count). The summed E-state index contributed by atoms with van der Waals surface area (Å²) in [6, 6.07) is 1.73. The van der Waals surface area contributed by atoms with Crippen LogP contribution in [0.25, 0.3) is 11.0 Å². The van der Waals surface area contributed by atoms with E-state index in [0.29, 0.717) is 29.9 Å². The lowest BCUT2D eigenvalue weighted by Gasteiger charge is -2.31. The van der Waals surface area contributed by atoms with Crippen molar-refractivity contribution in [2.75, 3.05) is 18.9 Å². The fourth-order valence-corrected chi connectivity index (χ4v) is 2.39. The quantitative estimate of drug-likeness (QED) is 0.659. The number of rotatable bonds is 2. The highest BCUT2D eigenvalue weighted by molar-refractivity contribution is 5.84. The van der Waals surface area contributed by atoms with Gasteiger partial charge in [-0.1, -0.05) is 0 Å². The van der Waals surface area contributed by atoms with Gasteiger partial charge in [-0.3, -0.25) is 4.57 Å². The van der Waals surface area contributed by atoms with Gasteiger partial charge in [0, 0.05) is 12.6 Å². The second-order valence-electron chi connectivity index (χ2n) is 4.33. The first-order valence-electron chi connectivity index (χ1n) is 5.70. The summed E-state index contributed by atoms with van der Waals surface area (Å²) in [6.45, 7) is 0.0593. The van der Waals surface area contributed by atoms with Crippen molar-refractivity contribution >= 4 is 16.9 Å².